The third-order valence-electron chi connectivity index (χ3n) is 6.12. The molecule has 3 aliphatic heterocycles. The van der Waals surface area contributed by atoms with Gasteiger partial charge in [0.25, 0.3) is 5.91 Å². The number of hydrogen-bond donors (Lipinski definition) is 1. The smallest absolute Gasteiger partial charge is 0.325 e. The lowest BCUT2D eigenvalue weighted by molar-refractivity contribution is -0.139. The van der Waals surface area contributed by atoms with E-state index in [1.807, 2.05) is 30.3 Å². The Balaban J connectivity index is 1.27. The van der Waals surface area contributed by atoms with Crippen molar-refractivity contribution >= 4 is 17.8 Å². The Bertz CT molecular complexity index is 1080. The Morgan fingerprint density at radius 1 is 1.10 bits per heavy atom. The molecule has 4 amide bonds. The number of nitrogens with one attached hydrogen (secondary N) is 1. The van der Waals surface area contributed by atoms with Crippen molar-refractivity contribution in [3.05, 3.63) is 59.2 Å². The van der Waals surface area contributed by atoms with Crippen LogP contribution in [0.5, 0.6) is 11.5 Å². The fourth-order valence-electron chi connectivity index (χ4n) is 4.41. The number of carbonyl (C=O) groups is 3. The maximum Gasteiger partial charge on any atom is 0.325 e. The van der Waals surface area contributed by atoms with Gasteiger partial charge in [-0.2, -0.15) is 0 Å². The highest BCUT2D eigenvalue weighted by molar-refractivity contribution is 6.09. The molecule has 8 heteroatoms. The van der Waals surface area contributed by atoms with E-state index in [9.17, 15) is 14.4 Å². The fourth-order valence-corrected chi connectivity index (χ4v) is 4.41. The summed E-state index contributed by atoms with van der Waals surface area (Å²) in [6.07, 6.45) is 1.06. The van der Waals surface area contributed by atoms with Crippen molar-refractivity contribution in [1.29, 1.82) is 0 Å². The molecule has 31 heavy (non-hydrogen) atoms. The van der Waals surface area contributed by atoms with E-state index in [0.29, 0.717) is 24.6 Å². The van der Waals surface area contributed by atoms with Gasteiger partial charge in [0, 0.05) is 19.5 Å². The first kappa shape index (κ1) is 19.4. The number of hydrogen-bond acceptors (Lipinski definition) is 5. The molecule has 0 bridgehead atoms. The highest BCUT2D eigenvalue weighted by Crippen LogP contribution is 2.34. The molecule has 1 N–H and O–H groups in total. The molecule has 3 aliphatic rings. The van der Waals surface area contributed by atoms with Gasteiger partial charge in [0.15, 0.2) is 11.5 Å². The molecule has 160 valence electrons. The number of carbonyl (C=O) groups excluding carboxylic acids is 3. The van der Waals surface area contributed by atoms with Crippen LogP contribution in [0.4, 0.5) is 4.79 Å². The summed E-state index contributed by atoms with van der Waals surface area (Å²) in [5, 5.41) is 2.76. The van der Waals surface area contributed by atoms with Crippen molar-refractivity contribution in [2.24, 2.45) is 0 Å². The molecule has 2 aromatic carbocycles. The molecule has 3 heterocycles. The molecule has 0 saturated carbocycles. The summed E-state index contributed by atoms with van der Waals surface area (Å²) in [5.41, 5.74) is 2.05. The monoisotopic (exact) mass is 421 g/mol. The average molecular weight is 421 g/mol. The van der Waals surface area contributed by atoms with Crippen LogP contribution in [0.3, 0.4) is 0 Å². The van der Waals surface area contributed by atoms with Gasteiger partial charge in [-0.15, -0.1) is 0 Å². The zero-order chi connectivity index (χ0) is 21.6. The van der Waals surface area contributed by atoms with Crippen LogP contribution in [-0.4, -0.2) is 53.1 Å². The topological polar surface area (TPSA) is 88.2 Å². The van der Waals surface area contributed by atoms with Crippen molar-refractivity contribution in [1.82, 2.24) is 15.1 Å². The molecular weight excluding hydrogens is 398 g/mol. The molecule has 0 unspecified atom stereocenters. The quantitative estimate of drug-likeness (QED) is 0.762. The lowest BCUT2D eigenvalue weighted by atomic mass is 9.92. The number of rotatable bonds is 4. The Morgan fingerprint density at radius 3 is 2.71 bits per heavy atom. The predicted molar refractivity (Wildman–Crippen MR) is 110 cm³/mol. The van der Waals surface area contributed by atoms with Crippen LogP contribution in [0.15, 0.2) is 42.5 Å². The van der Waals surface area contributed by atoms with E-state index in [1.54, 1.807) is 17.9 Å². The Hall–Kier alpha value is -3.55. The summed E-state index contributed by atoms with van der Waals surface area (Å²) in [4.78, 5) is 41.3. The largest absolute Gasteiger partial charge is 0.454 e. The van der Waals surface area contributed by atoms with Crippen LogP contribution in [0.1, 0.15) is 23.6 Å². The summed E-state index contributed by atoms with van der Waals surface area (Å²) < 4.78 is 10.7. The number of urea groups is 1. The number of ether oxygens (including phenoxy) is 2. The number of benzene rings is 2. The Kier molecular flexibility index (Phi) is 4.57. The second kappa shape index (κ2) is 7.30. The van der Waals surface area contributed by atoms with Crippen LogP contribution in [0, 0.1) is 0 Å². The normalized spacial score (nSPS) is 21.8. The summed E-state index contributed by atoms with van der Waals surface area (Å²) in [7, 11) is 0. The second-order valence-corrected chi connectivity index (χ2v) is 8.35. The molecule has 0 radical (unpaired) electrons. The molecule has 1 saturated heterocycles. The van der Waals surface area contributed by atoms with Crippen molar-refractivity contribution in [3.8, 4) is 11.5 Å². The number of fused-ring (bicyclic) bond motifs is 2. The van der Waals surface area contributed by atoms with E-state index in [1.165, 1.54) is 5.56 Å². The third kappa shape index (κ3) is 3.48. The first-order valence-electron chi connectivity index (χ1n) is 10.3. The molecule has 5 rings (SSSR count). The van der Waals surface area contributed by atoms with E-state index in [0.717, 1.165) is 22.4 Å². The minimum absolute atomic E-state index is 0.169. The van der Waals surface area contributed by atoms with Gasteiger partial charge in [0.1, 0.15) is 12.1 Å². The highest BCUT2D eigenvalue weighted by Gasteiger charge is 2.48. The summed E-state index contributed by atoms with van der Waals surface area (Å²) in [5.74, 6) is 0.646. The predicted octanol–water partition coefficient (Wildman–Crippen LogP) is 1.85. The minimum atomic E-state index is -1.13. The van der Waals surface area contributed by atoms with Crippen molar-refractivity contribution in [2.75, 3.05) is 19.9 Å². The van der Waals surface area contributed by atoms with Gasteiger partial charge in [0.2, 0.25) is 12.7 Å². The lowest BCUT2D eigenvalue weighted by Crippen LogP contribution is -2.47. The maximum absolute atomic E-state index is 13.1. The van der Waals surface area contributed by atoms with Gasteiger partial charge in [0.05, 0.1) is 0 Å². The van der Waals surface area contributed by atoms with E-state index < -0.39 is 17.5 Å². The van der Waals surface area contributed by atoms with Gasteiger partial charge in [-0.1, -0.05) is 30.3 Å². The first-order chi connectivity index (χ1) is 14.9. The van der Waals surface area contributed by atoms with Gasteiger partial charge in [-0.25, -0.2) is 4.79 Å². The molecule has 2 aromatic rings. The van der Waals surface area contributed by atoms with Crippen LogP contribution in [0.2, 0.25) is 0 Å². The summed E-state index contributed by atoms with van der Waals surface area (Å²) >= 11 is 0. The Morgan fingerprint density at radius 2 is 1.87 bits per heavy atom. The molecule has 0 aromatic heterocycles. The lowest BCUT2D eigenvalue weighted by Gasteiger charge is -2.30. The van der Waals surface area contributed by atoms with Crippen molar-refractivity contribution in [3.63, 3.8) is 0 Å². The molecular formula is C23H23N3O5. The molecule has 8 nitrogen and oxygen atoms in total. The van der Waals surface area contributed by atoms with Gasteiger partial charge >= 0.3 is 6.03 Å². The second-order valence-electron chi connectivity index (χ2n) is 8.35. The van der Waals surface area contributed by atoms with Crippen LogP contribution in [-0.2, 0) is 29.0 Å². The van der Waals surface area contributed by atoms with Crippen molar-refractivity contribution in [2.45, 2.75) is 31.8 Å². The van der Waals surface area contributed by atoms with Crippen LogP contribution >= 0.6 is 0 Å². The first-order valence-corrected chi connectivity index (χ1v) is 10.3. The number of nitrogens with zero attached hydrogens (tertiary/aromatic N) is 2. The molecule has 0 spiro atoms. The van der Waals surface area contributed by atoms with Crippen molar-refractivity contribution < 1.29 is 23.9 Å². The Labute approximate surface area is 179 Å². The zero-order valence-electron chi connectivity index (χ0n) is 17.2. The molecule has 1 fully saturated rings. The standard InChI is InChI=1S/C23H23N3O5/c1-23(11-15-6-7-18-19(10-15)31-14-30-18)21(28)26(22(29)24-23)13-20(27)25-9-8-16-4-2-3-5-17(16)12-25/h2-7,10H,8-9,11-14H2,1H3,(H,24,29)/t23-/m0/s1. The summed E-state index contributed by atoms with van der Waals surface area (Å²) in [6, 6.07) is 12.9. The van der Waals surface area contributed by atoms with Gasteiger partial charge in [-0.05, 0) is 42.2 Å². The van der Waals surface area contributed by atoms with E-state index >= 15 is 0 Å². The van der Waals surface area contributed by atoms with Crippen LogP contribution in [0.25, 0.3) is 0 Å². The maximum atomic E-state index is 13.1. The van der Waals surface area contributed by atoms with Gasteiger partial charge in [-0.3, -0.25) is 14.5 Å². The molecule has 0 aliphatic carbocycles. The van der Waals surface area contributed by atoms with E-state index in [2.05, 4.69) is 11.4 Å². The van der Waals surface area contributed by atoms with Gasteiger partial charge < -0.3 is 19.7 Å². The molecule has 1 atom stereocenters. The van der Waals surface area contributed by atoms with E-state index in [4.69, 9.17) is 9.47 Å². The number of imide groups is 1. The van der Waals surface area contributed by atoms with Crippen LogP contribution < -0.4 is 14.8 Å². The zero-order valence-corrected chi connectivity index (χ0v) is 17.2. The third-order valence-corrected chi connectivity index (χ3v) is 6.12. The van der Waals surface area contributed by atoms with E-state index in [-0.39, 0.29) is 25.7 Å². The fraction of sp³-hybridized carbons (Fsp3) is 0.348. The minimum Gasteiger partial charge on any atom is -0.454 e. The number of amides is 4. The summed E-state index contributed by atoms with van der Waals surface area (Å²) in [6.45, 7) is 2.66. The highest BCUT2D eigenvalue weighted by atomic mass is 16.7. The average Bonchev–Trinajstić information content (AvgIpc) is 3.31. The SMILES string of the molecule is C[C@@]1(Cc2ccc3c(c2)OCO3)NC(=O)N(CC(=O)N2CCc3ccccc3C2)C1=O.